The van der Waals surface area contributed by atoms with Gasteiger partial charge >= 0.3 is 5.97 Å². The number of aliphatic carboxylic acids is 1. The van der Waals surface area contributed by atoms with Crippen molar-refractivity contribution in [1.82, 2.24) is 5.32 Å². The topological polar surface area (TPSA) is 75.6 Å². The summed E-state index contributed by atoms with van der Waals surface area (Å²) in [7, 11) is 0. The quantitative estimate of drug-likeness (QED) is 0.804. The first-order chi connectivity index (χ1) is 9.81. The monoisotopic (exact) mass is 333 g/mol. The largest absolute Gasteiger partial charge is 0.482 e. The standard InChI is InChI=1S/C14H17Cl2NO4/c1-8(2)6-10(14(19)20)17-12(18)7-21-11-5-3-4-9(15)13(11)16/h3-5,8,10H,6-7H2,1-2H3,(H,17,18)(H,19,20). The Kier molecular flexibility index (Phi) is 6.78. The molecule has 0 spiro atoms. The number of halogens is 2. The first-order valence-corrected chi connectivity index (χ1v) is 7.15. The molecule has 0 saturated carbocycles. The van der Waals surface area contributed by atoms with E-state index in [4.69, 9.17) is 33.0 Å². The van der Waals surface area contributed by atoms with Crippen LogP contribution in [0.25, 0.3) is 0 Å². The molecule has 0 radical (unpaired) electrons. The maximum absolute atomic E-state index is 11.7. The van der Waals surface area contributed by atoms with Gasteiger partial charge in [0.2, 0.25) is 0 Å². The molecule has 2 N–H and O–H groups in total. The predicted octanol–water partition coefficient (Wildman–Crippen LogP) is 2.99. The molecular formula is C14H17Cl2NO4. The Morgan fingerprint density at radius 2 is 2.00 bits per heavy atom. The molecule has 0 heterocycles. The van der Waals surface area contributed by atoms with Crippen LogP contribution in [0, 0.1) is 5.92 Å². The zero-order chi connectivity index (χ0) is 16.0. The number of carboxylic acids is 1. The third-order valence-corrected chi connectivity index (χ3v) is 3.42. The molecule has 0 aliphatic carbocycles. The number of carbonyl (C=O) groups excluding carboxylic acids is 1. The summed E-state index contributed by atoms with van der Waals surface area (Å²) in [4.78, 5) is 22.8. The van der Waals surface area contributed by atoms with Crippen molar-refractivity contribution < 1.29 is 19.4 Å². The van der Waals surface area contributed by atoms with E-state index in [2.05, 4.69) is 5.32 Å². The van der Waals surface area contributed by atoms with Gasteiger partial charge in [0.1, 0.15) is 16.8 Å². The molecule has 1 aromatic carbocycles. The lowest BCUT2D eigenvalue weighted by molar-refractivity contribution is -0.142. The molecule has 0 bridgehead atoms. The van der Waals surface area contributed by atoms with Crippen molar-refractivity contribution in [2.45, 2.75) is 26.3 Å². The van der Waals surface area contributed by atoms with Crippen molar-refractivity contribution in [3.8, 4) is 5.75 Å². The van der Waals surface area contributed by atoms with E-state index in [1.54, 1.807) is 18.2 Å². The van der Waals surface area contributed by atoms with Gasteiger partial charge in [0.25, 0.3) is 5.91 Å². The number of benzene rings is 1. The average Bonchev–Trinajstić information content (AvgIpc) is 2.39. The third kappa shape index (κ3) is 5.81. The maximum Gasteiger partial charge on any atom is 0.326 e. The number of rotatable bonds is 7. The van der Waals surface area contributed by atoms with E-state index in [1.165, 1.54) is 0 Å². The fourth-order valence-corrected chi connectivity index (χ4v) is 2.01. The zero-order valence-electron chi connectivity index (χ0n) is 11.7. The second-order valence-electron chi connectivity index (χ2n) is 4.93. The van der Waals surface area contributed by atoms with Crippen LogP contribution in [-0.4, -0.2) is 29.6 Å². The van der Waals surface area contributed by atoms with Crippen molar-refractivity contribution in [2.75, 3.05) is 6.61 Å². The number of hydrogen-bond acceptors (Lipinski definition) is 3. The molecule has 0 fully saturated rings. The predicted molar refractivity (Wildman–Crippen MR) is 81.0 cm³/mol. The van der Waals surface area contributed by atoms with Gasteiger partial charge in [-0.15, -0.1) is 0 Å². The lowest BCUT2D eigenvalue weighted by atomic mass is 10.0. The normalized spacial score (nSPS) is 12.0. The second kappa shape index (κ2) is 8.10. The van der Waals surface area contributed by atoms with Gasteiger partial charge in [-0.05, 0) is 24.5 Å². The van der Waals surface area contributed by atoms with Gasteiger partial charge in [0.15, 0.2) is 6.61 Å². The number of nitrogens with one attached hydrogen (secondary N) is 1. The maximum atomic E-state index is 11.7. The third-order valence-electron chi connectivity index (χ3n) is 2.62. The molecule has 0 aromatic heterocycles. The van der Waals surface area contributed by atoms with Crippen molar-refractivity contribution in [2.24, 2.45) is 5.92 Å². The van der Waals surface area contributed by atoms with Crippen molar-refractivity contribution in [3.05, 3.63) is 28.2 Å². The van der Waals surface area contributed by atoms with E-state index in [9.17, 15) is 9.59 Å². The molecule has 1 aromatic rings. The minimum Gasteiger partial charge on any atom is -0.482 e. The second-order valence-corrected chi connectivity index (χ2v) is 5.71. The Morgan fingerprint density at radius 1 is 1.33 bits per heavy atom. The molecular weight excluding hydrogens is 317 g/mol. The highest BCUT2D eigenvalue weighted by molar-refractivity contribution is 6.42. The molecule has 1 rings (SSSR count). The van der Waals surface area contributed by atoms with Gasteiger partial charge in [0.05, 0.1) is 5.02 Å². The van der Waals surface area contributed by atoms with Crippen LogP contribution in [-0.2, 0) is 9.59 Å². The summed E-state index contributed by atoms with van der Waals surface area (Å²) in [5, 5.41) is 12.0. The van der Waals surface area contributed by atoms with Crippen LogP contribution in [0.2, 0.25) is 10.0 Å². The number of carbonyl (C=O) groups is 2. The molecule has 0 aliphatic heterocycles. The molecule has 0 saturated heterocycles. The molecule has 1 unspecified atom stereocenters. The first kappa shape index (κ1) is 17.6. The van der Waals surface area contributed by atoms with Crippen LogP contribution in [0.4, 0.5) is 0 Å². The number of amides is 1. The lowest BCUT2D eigenvalue weighted by Gasteiger charge is -2.16. The molecule has 7 heteroatoms. The summed E-state index contributed by atoms with van der Waals surface area (Å²) < 4.78 is 5.24. The van der Waals surface area contributed by atoms with Gasteiger partial charge in [-0.25, -0.2) is 4.79 Å². The van der Waals surface area contributed by atoms with Gasteiger partial charge in [-0.2, -0.15) is 0 Å². The lowest BCUT2D eigenvalue weighted by Crippen LogP contribution is -2.43. The van der Waals surface area contributed by atoms with Crippen LogP contribution in [0.15, 0.2) is 18.2 Å². The summed E-state index contributed by atoms with van der Waals surface area (Å²) in [6, 6.07) is 3.88. The summed E-state index contributed by atoms with van der Waals surface area (Å²) in [6.45, 7) is 3.43. The van der Waals surface area contributed by atoms with Crippen molar-refractivity contribution in [3.63, 3.8) is 0 Å². The summed E-state index contributed by atoms with van der Waals surface area (Å²) in [5.41, 5.74) is 0. The Labute approximate surface area is 133 Å². The summed E-state index contributed by atoms with van der Waals surface area (Å²) in [6.07, 6.45) is 0.346. The van der Waals surface area contributed by atoms with E-state index < -0.39 is 17.9 Å². The van der Waals surface area contributed by atoms with E-state index in [-0.39, 0.29) is 23.3 Å². The SMILES string of the molecule is CC(C)CC(NC(=O)COc1cccc(Cl)c1Cl)C(=O)O. The number of carboxylic acid groups (broad SMARTS) is 1. The van der Waals surface area contributed by atoms with E-state index in [0.29, 0.717) is 11.4 Å². The van der Waals surface area contributed by atoms with Crippen LogP contribution in [0.1, 0.15) is 20.3 Å². The van der Waals surface area contributed by atoms with Gasteiger partial charge in [0, 0.05) is 0 Å². The molecule has 1 amide bonds. The van der Waals surface area contributed by atoms with Crippen LogP contribution in [0.3, 0.4) is 0 Å². The Hall–Kier alpha value is -1.46. The van der Waals surface area contributed by atoms with Gasteiger partial charge in [-0.1, -0.05) is 43.1 Å². The highest BCUT2D eigenvalue weighted by Crippen LogP contribution is 2.31. The average molecular weight is 334 g/mol. The van der Waals surface area contributed by atoms with Crippen molar-refractivity contribution in [1.29, 1.82) is 0 Å². The Balaban J connectivity index is 2.57. The van der Waals surface area contributed by atoms with E-state index >= 15 is 0 Å². The molecule has 5 nitrogen and oxygen atoms in total. The van der Waals surface area contributed by atoms with E-state index in [0.717, 1.165) is 0 Å². The van der Waals surface area contributed by atoms with Gasteiger partial charge in [-0.3, -0.25) is 4.79 Å². The molecule has 0 aliphatic rings. The summed E-state index contributed by atoms with van der Waals surface area (Å²) in [5.74, 6) is -1.18. The molecule has 21 heavy (non-hydrogen) atoms. The molecule has 1 atom stereocenters. The number of hydrogen-bond donors (Lipinski definition) is 2. The highest BCUT2D eigenvalue weighted by Gasteiger charge is 2.21. The minimum absolute atomic E-state index is 0.148. The Morgan fingerprint density at radius 3 is 2.57 bits per heavy atom. The fraction of sp³-hybridized carbons (Fsp3) is 0.429. The van der Waals surface area contributed by atoms with E-state index in [1.807, 2.05) is 13.8 Å². The van der Waals surface area contributed by atoms with Crippen LogP contribution in [0.5, 0.6) is 5.75 Å². The first-order valence-electron chi connectivity index (χ1n) is 6.40. The minimum atomic E-state index is -1.07. The highest BCUT2D eigenvalue weighted by atomic mass is 35.5. The smallest absolute Gasteiger partial charge is 0.326 e. The number of ether oxygens (including phenoxy) is 1. The fourth-order valence-electron chi connectivity index (χ4n) is 1.67. The summed E-state index contributed by atoms with van der Waals surface area (Å²) >= 11 is 11.7. The van der Waals surface area contributed by atoms with Gasteiger partial charge < -0.3 is 15.2 Å². The zero-order valence-corrected chi connectivity index (χ0v) is 13.2. The Bertz CT molecular complexity index is 520. The van der Waals surface area contributed by atoms with Crippen LogP contribution < -0.4 is 10.1 Å². The molecule has 116 valence electrons. The van der Waals surface area contributed by atoms with Crippen LogP contribution >= 0.6 is 23.2 Å². The van der Waals surface area contributed by atoms with Crippen molar-refractivity contribution >= 4 is 35.1 Å².